The number of hydrogen-bond acceptors (Lipinski definition) is 3. The number of unbranched alkanes of at least 4 members (excludes halogenated alkanes) is 2. The van der Waals surface area contributed by atoms with E-state index in [0.29, 0.717) is 32.1 Å². The molecule has 0 aromatic heterocycles. The molecule has 0 fully saturated rings. The van der Waals surface area contributed by atoms with Gasteiger partial charge in [0, 0.05) is 17.9 Å². The highest BCUT2D eigenvalue weighted by Crippen LogP contribution is 2.51. The van der Waals surface area contributed by atoms with Gasteiger partial charge in [-0.15, -0.1) is 8.42 Å². The molecule has 1 N–H and O–H groups in total. The highest BCUT2D eigenvalue weighted by Gasteiger charge is 2.56. The number of hydrogen-bond donors (Lipinski definition) is 0. The van der Waals surface area contributed by atoms with Crippen LogP contribution in [0.25, 0.3) is 0 Å². The van der Waals surface area contributed by atoms with Crippen molar-refractivity contribution >= 4 is 26.2 Å². The van der Waals surface area contributed by atoms with Gasteiger partial charge in [0.15, 0.2) is 0 Å². The first kappa shape index (κ1) is 22.7. The molecule has 4 nitrogen and oxygen atoms in total. The van der Waals surface area contributed by atoms with Gasteiger partial charge in [-0.2, -0.15) is 13.2 Å². The zero-order valence-corrected chi connectivity index (χ0v) is 15.6. The fourth-order valence-electron chi connectivity index (χ4n) is 2.07. The van der Waals surface area contributed by atoms with E-state index in [2.05, 4.69) is 3.63 Å². The van der Waals surface area contributed by atoms with Crippen LogP contribution in [0.4, 0.5) is 13.2 Å². The monoisotopic (exact) mass is 381 g/mol. The Morgan fingerprint density at radius 2 is 1.43 bits per heavy atom. The Balaban J connectivity index is 5.54. The number of carbonyl (C=O) groups is 1. The number of halogens is 3. The first-order chi connectivity index (χ1) is 10.5. The normalized spacial score (nSPS) is 14.0. The summed E-state index contributed by atoms with van der Waals surface area (Å²) in [6, 6.07) is 0. The molecular weight excluding hydrogens is 353 g/mol. The summed E-state index contributed by atoms with van der Waals surface area (Å²) in [5.74, 6) is 0.161. The van der Waals surface area contributed by atoms with Gasteiger partial charge in [-0.05, 0) is 29.6 Å². The van der Waals surface area contributed by atoms with Gasteiger partial charge in [0.1, 0.15) is 5.78 Å². The van der Waals surface area contributed by atoms with Crippen LogP contribution in [0.5, 0.6) is 0 Å². The molecule has 0 heterocycles. The second-order valence-corrected chi connectivity index (χ2v) is 10.7. The Hall–Kier alpha value is -0.280. The van der Waals surface area contributed by atoms with Gasteiger partial charge in [0.2, 0.25) is 0 Å². The van der Waals surface area contributed by atoms with Crippen LogP contribution in [-0.4, -0.2) is 40.6 Å². The Kier molecular flexibility index (Phi) is 9.76. The Morgan fingerprint density at radius 1 is 0.957 bits per heavy atom. The highest BCUT2D eigenvalue weighted by molar-refractivity contribution is 8.32. The topological polar surface area (TPSA) is 64.0 Å². The third-order valence-corrected chi connectivity index (χ3v) is 8.85. The minimum absolute atomic E-state index is 0.157. The third kappa shape index (κ3) is 7.89. The van der Waals surface area contributed by atoms with Crippen LogP contribution < -0.4 is 0 Å². The van der Waals surface area contributed by atoms with Crippen molar-refractivity contribution in [3.05, 3.63) is 0 Å². The molecule has 0 aliphatic heterocycles. The van der Waals surface area contributed by atoms with Crippen molar-refractivity contribution in [1.29, 1.82) is 0 Å². The van der Waals surface area contributed by atoms with E-state index in [9.17, 15) is 26.4 Å². The summed E-state index contributed by atoms with van der Waals surface area (Å²) in [7, 11) is -8.08. The SMILES string of the molecule is CCCCS(CCCC)(CC(=O)CCC)[OH+]S(=O)(=O)C(F)(F)F. The quantitative estimate of drug-likeness (QED) is 0.281. The van der Waals surface area contributed by atoms with Gasteiger partial charge in [0.05, 0.1) is 5.75 Å². The van der Waals surface area contributed by atoms with E-state index in [0.717, 1.165) is 0 Å². The van der Waals surface area contributed by atoms with Crippen LogP contribution in [0.3, 0.4) is 0 Å². The van der Waals surface area contributed by atoms with Crippen molar-refractivity contribution in [3.8, 4) is 0 Å². The summed E-state index contributed by atoms with van der Waals surface area (Å²) in [5, 5.41) is 0. The molecule has 0 amide bonds. The second-order valence-electron chi connectivity index (χ2n) is 5.54. The summed E-state index contributed by atoms with van der Waals surface area (Å²) in [6.45, 7) is 5.54. The van der Waals surface area contributed by atoms with Gasteiger partial charge in [-0.1, -0.05) is 33.6 Å². The van der Waals surface area contributed by atoms with Crippen molar-refractivity contribution in [2.24, 2.45) is 0 Å². The molecule has 0 saturated carbocycles. The first-order valence-electron chi connectivity index (χ1n) is 7.87. The van der Waals surface area contributed by atoms with Crippen LogP contribution in [0.1, 0.15) is 59.3 Å². The molecule has 0 aromatic rings. The van der Waals surface area contributed by atoms with Crippen LogP contribution in [0.15, 0.2) is 0 Å². The second kappa shape index (κ2) is 9.88. The molecule has 0 aliphatic carbocycles. The minimum atomic E-state index is -5.57. The van der Waals surface area contributed by atoms with E-state index in [-0.39, 0.29) is 29.5 Å². The fraction of sp³-hybridized carbons (Fsp3) is 0.929. The number of alkyl halides is 3. The summed E-state index contributed by atoms with van der Waals surface area (Å²) in [6.07, 6.45) is 3.38. The zero-order chi connectivity index (χ0) is 18.1. The summed E-state index contributed by atoms with van der Waals surface area (Å²) >= 11 is 0. The van der Waals surface area contributed by atoms with Crippen LogP contribution >= 0.6 is 10.3 Å². The lowest BCUT2D eigenvalue weighted by Gasteiger charge is -2.33. The molecule has 0 radical (unpaired) electrons. The molecule has 0 aromatic carbocycles. The van der Waals surface area contributed by atoms with E-state index < -0.39 is 25.9 Å². The number of carbonyl (C=O) groups excluding carboxylic acids is 1. The van der Waals surface area contributed by atoms with E-state index in [4.69, 9.17) is 0 Å². The predicted molar refractivity (Wildman–Crippen MR) is 89.5 cm³/mol. The van der Waals surface area contributed by atoms with Crippen molar-refractivity contribution < 1.29 is 30.0 Å². The third-order valence-electron chi connectivity index (χ3n) is 3.26. The summed E-state index contributed by atoms with van der Waals surface area (Å²) in [5.41, 5.74) is -5.41. The van der Waals surface area contributed by atoms with Crippen molar-refractivity contribution in [1.82, 2.24) is 0 Å². The lowest BCUT2D eigenvalue weighted by atomic mass is 10.3. The van der Waals surface area contributed by atoms with E-state index in [1.165, 1.54) is 0 Å². The summed E-state index contributed by atoms with van der Waals surface area (Å²) in [4.78, 5) is 12.0. The number of rotatable bonds is 12. The zero-order valence-electron chi connectivity index (χ0n) is 14.0. The molecular formula is C14H28F3O4S2+. The average Bonchev–Trinajstić information content (AvgIpc) is 2.41. The van der Waals surface area contributed by atoms with E-state index in [1.54, 1.807) is 6.92 Å². The maximum atomic E-state index is 12.7. The van der Waals surface area contributed by atoms with Crippen molar-refractivity contribution in [3.63, 3.8) is 0 Å². The largest absolute Gasteiger partial charge is 0.572 e. The molecule has 140 valence electrons. The molecule has 0 aliphatic rings. The van der Waals surface area contributed by atoms with Crippen LogP contribution in [0, 0.1) is 0 Å². The molecule has 0 spiro atoms. The van der Waals surface area contributed by atoms with Gasteiger partial charge in [-0.3, -0.25) is 8.42 Å². The highest BCUT2D eigenvalue weighted by atomic mass is 32.3. The molecule has 0 atom stereocenters. The Morgan fingerprint density at radius 3 is 1.78 bits per heavy atom. The lowest BCUT2D eigenvalue weighted by Crippen LogP contribution is -2.34. The minimum Gasteiger partial charge on any atom is -0.299 e. The van der Waals surface area contributed by atoms with Crippen LogP contribution in [-0.2, 0) is 14.9 Å². The van der Waals surface area contributed by atoms with Gasteiger partial charge >= 0.3 is 15.6 Å². The maximum Gasteiger partial charge on any atom is 0.572 e. The van der Waals surface area contributed by atoms with Gasteiger partial charge < -0.3 is 0 Å². The molecule has 0 unspecified atom stereocenters. The van der Waals surface area contributed by atoms with E-state index >= 15 is 0 Å². The Labute approximate surface area is 138 Å². The lowest BCUT2D eigenvalue weighted by molar-refractivity contribution is -0.116. The molecule has 9 heteroatoms. The van der Waals surface area contributed by atoms with Crippen molar-refractivity contribution in [2.75, 3.05) is 17.3 Å². The standard InChI is InChI=1S/C14H27F3O4S2/c1-4-7-10-22(11-8-5-2,12-13(18)9-6-3)21-23(19,20)14(15,16)17/h4-12H2,1-3H3/p+1. The smallest absolute Gasteiger partial charge is 0.299 e. The molecule has 0 rings (SSSR count). The molecule has 23 heavy (non-hydrogen) atoms. The van der Waals surface area contributed by atoms with Crippen molar-refractivity contribution in [2.45, 2.75) is 64.8 Å². The van der Waals surface area contributed by atoms with Crippen LogP contribution in [0.2, 0.25) is 0 Å². The molecule has 0 bridgehead atoms. The first-order valence-corrected chi connectivity index (χ1v) is 11.4. The summed E-state index contributed by atoms with van der Waals surface area (Å²) < 4.78 is 64.6. The van der Waals surface area contributed by atoms with E-state index in [1.807, 2.05) is 13.8 Å². The maximum absolute atomic E-state index is 12.7. The number of ketones is 1. The average molecular weight is 382 g/mol. The molecule has 0 saturated heterocycles. The Bertz CT molecular complexity index is 453. The van der Waals surface area contributed by atoms with Gasteiger partial charge in [0.25, 0.3) is 0 Å². The van der Waals surface area contributed by atoms with Gasteiger partial charge in [-0.25, -0.2) is 0 Å². The fourth-order valence-corrected chi connectivity index (χ4v) is 7.77. The number of Topliss-reactive ketones (excluding diaryl/α,β-unsaturated/α-hetero) is 1. The predicted octanol–water partition coefficient (Wildman–Crippen LogP) is 4.62.